The Balaban J connectivity index is 1.73. The average Bonchev–Trinajstić information content (AvgIpc) is 2.68. The first kappa shape index (κ1) is 20.2. The minimum absolute atomic E-state index is 0.0965. The third-order valence-corrected chi connectivity index (χ3v) is 4.60. The van der Waals surface area contributed by atoms with Gasteiger partial charge < -0.3 is 15.2 Å². The van der Waals surface area contributed by atoms with Crippen molar-refractivity contribution in [3.05, 3.63) is 81.5 Å². The number of rotatable bonds is 5. The number of ether oxygens (including phenoxy) is 1. The van der Waals surface area contributed by atoms with Crippen LogP contribution in [0.3, 0.4) is 0 Å². The molecule has 7 heteroatoms. The number of carbonyl (C=O) groups excluding carboxylic acids is 1. The number of hydrogen-bond donors (Lipinski definition) is 2. The summed E-state index contributed by atoms with van der Waals surface area (Å²) in [6, 6.07) is 15.3. The summed E-state index contributed by atoms with van der Waals surface area (Å²) in [4.78, 5) is 16.5. The van der Waals surface area contributed by atoms with Crippen molar-refractivity contribution in [1.29, 1.82) is 5.26 Å². The lowest BCUT2D eigenvalue weighted by atomic mass is 10.1. The van der Waals surface area contributed by atoms with Crippen LogP contribution >= 0.6 is 11.6 Å². The molecule has 3 aromatic rings. The topological polar surface area (TPSA) is 95.2 Å². The average molecular weight is 408 g/mol. The van der Waals surface area contributed by atoms with Crippen LogP contribution in [-0.4, -0.2) is 16.0 Å². The standard InChI is InChI=1S/C22H18ClN3O3/c1-13-9-14(2)26-22(28)17(13)12-25-21(27)15-7-8-20(18(23)10-15)29-19-6-4-3-5-16(19)11-24/h3-10H,12H2,1-2H3,(H,25,27)(H,26,28). The van der Waals surface area contributed by atoms with Gasteiger partial charge in [-0.3, -0.25) is 4.79 Å². The van der Waals surface area contributed by atoms with Crippen molar-refractivity contribution in [3.8, 4) is 23.4 Å². The van der Waals surface area contributed by atoms with Gasteiger partial charge in [-0.25, -0.2) is 4.98 Å². The molecule has 0 bridgehead atoms. The fourth-order valence-corrected chi connectivity index (χ4v) is 3.04. The summed E-state index contributed by atoms with van der Waals surface area (Å²) >= 11 is 6.27. The molecule has 0 aliphatic heterocycles. The van der Waals surface area contributed by atoms with Gasteiger partial charge in [-0.15, -0.1) is 0 Å². The SMILES string of the molecule is Cc1cc(C)c(CNC(=O)c2ccc(Oc3ccccc3C#N)c(Cl)c2)c(O)n1. The molecular formula is C22H18ClN3O3. The van der Waals surface area contributed by atoms with Gasteiger partial charge in [-0.1, -0.05) is 23.7 Å². The van der Waals surface area contributed by atoms with Gasteiger partial charge in [0, 0.05) is 23.4 Å². The van der Waals surface area contributed by atoms with Gasteiger partial charge in [0.2, 0.25) is 5.88 Å². The van der Waals surface area contributed by atoms with E-state index < -0.39 is 0 Å². The Hall–Kier alpha value is -3.56. The van der Waals surface area contributed by atoms with Gasteiger partial charge in [0.1, 0.15) is 17.6 Å². The molecule has 1 aromatic heterocycles. The highest BCUT2D eigenvalue weighted by Gasteiger charge is 2.14. The molecule has 1 amide bonds. The molecular weight excluding hydrogens is 390 g/mol. The lowest BCUT2D eigenvalue weighted by molar-refractivity contribution is 0.0950. The summed E-state index contributed by atoms with van der Waals surface area (Å²) < 4.78 is 5.71. The molecule has 0 radical (unpaired) electrons. The molecule has 2 aromatic carbocycles. The molecule has 0 aliphatic carbocycles. The first-order chi connectivity index (χ1) is 13.9. The monoisotopic (exact) mass is 407 g/mol. The second-order valence-corrected chi connectivity index (χ2v) is 6.83. The Kier molecular flexibility index (Phi) is 6.01. The number of pyridine rings is 1. The van der Waals surface area contributed by atoms with Gasteiger partial charge >= 0.3 is 0 Å². The lowest BCUT2D eigenvalue weighted by Crippen LogP contribution is -2.23. The van der Waals surface area contributed by atoms with E-state index in [2.05, 4.69) is 16.4 Å². The number of halogens is 1. The van der Waals surface area contributed by atoms with Crippen LogP contribution in [0.25, 0.3) is 0 Å². The van der Waals surface area contributed by atoms with Crippen molar-refractivity contribution >= 4 is 17.5 Å². The fourth-order valence-electron chi connectivity index (χ4n) is 2.82. The number of aryl methyl sites for hydroxylation is 2. The van der Waals surface area contributed by atoms with Gasteiger partial charge in [0.05, 0.1) is 10.6 Å². The Morgan fingerprint density at radius 2 is 1.97 bits per heavy atom. The number of amides is 1. The van der Waals surface area contributed by atoms with Crippen LogP contribution < -0.4 is 10.1 Å². The molecule has 0 spiro atoms. The molecule has 0 saturated carbocycles. The normalized spacial score (nSPS) is 10.3. The Labute approximate surface area is 173 Å². The third-order valence-electron chi connectivity index (χ3n) is 4.30. The molecule has 0 fully saturated rings. The van der Waals surface area contributed by atoms with E-state index in [1.54, 1.807) is 43.3 Å². The highest BCUT2D eigenvalue weighted by Crippen LogP contribution is 2.31. The smallest absolute Gasteiger partial charge is 0.251 e. The second kappa shape index (κ2) is 8.63. The van der Waals surface area contributed by atoms with Crippen molar-refractivity contribution < 1.29 is 14.6 Å². The minimum atomic E-state index is -0.352. The van der Waals surface area contributed by atoms with Crippen LogP contribution in [0.2, 0.25) is 5.02 Å². The van der Waals surface area contributed by atoms with Crippen molar-refractivity contribution in [2.45, 2.75) is 20.4 Å². The van der Waals surface area contributed by atoms with Crippen LogP contribution in [0.4, 0.5) is 0 Å². The van der Waals surface area contributed by atoms with Crippen LogP contribution in [0.15, 0.2) is 48.5 Å². The Morgan fingerprint density at radius 3 is 2.66 bits per heavy atom. The maximum atomic E-state index is 12.5. The summed E-state index contributed by atoms with van der Waals surface area (Å²) in [7, 11) is 0. The number of carbonyl (C=O) groups is 1. The molecule has 1 heterocycles. The number of hydrogen-bond acceptors (Lipinski definition) is 5. The number of para-hydroxylation sites is 1. The minimum Gasteiger partial charge on any atom is -0.493 e. The van der Waals surface area contributed by atoms with Gasteiger partial charge in [0.25, 0.3) is 5.91 Å². The predicted octanol–water partition coefficient (Wildman–Crippen LogP) is 4.65. The van der Waals surface area contributed by atoms with E-state index in [0.717, 1.165) is 5.56 Å². The maximum Gasteiger partial charge on any atom is 0.251 e. The molecule has 146 valence electrons. The van der Waals surface area contributed by atoms with Crippen molar-refractivity contribution in [3.63, 3.8) is 0 Å². The highest BCUT2D eigenvalue weighted by atomic mass is 35.5. The van der Waals surface area contributed by atoms with Crippen LogP contribution in [-0.2, 0) is 6.54 Å². The van der Waals surface area contributed by atoms with E-state index in [9.17, 15) is 9.90 Å². The Morgan fingerprint density at radius 1 is 1.21 bits per heavy atom. The maximum absolute atomic E-state index is 12.5. The van der Waals surface area contributed by atoms with Gasteiger partial charge in [-0.05, 0) is 55.8 Å². The van der Waals surface area contributed by atoms with Crippen molar-refractivity contribution in [1.82, 2.24) is 10.3 Å². The number of nitrogens with zero attached hydrogens (tertiary/aromatic N) is 2. The van der Waals surface area contributed by atoms with E-state index in [-0.39, 0.29) is 23.4 Å². The molecule has 29 heavy (non-hydrogen) atoms. The van der Waals surface area contributed by atoms with Crippen LogP contribution in [0.5, 0.6) is 17.4 Å². The zero-order valence-corrected chi connectivity index (χ0v) is 16.6. The summed E-state index contributed by atoms with van der Waals surface area (Å²) in [6.45, 7) is 3.77. The molecule has 0 aliphatic rings. The summed E-state index contributed by atoms with van der Waals surface area (Å²) in [5.41, 5.74) is 2.83. The highest BCUT2D eigenvalue weighted by molar-refractivity contribution is 6.32. The first-order valence-electron chi connectivity index (χ1n) is 8.80. The molecule has 0 unspecified atom stereocenters. The quantitative estimate of drug-likeness (QED) is 0.641. The molecule has 0 atom stereocenters. The lowest BCUT2D eigenvalue weighted by Gasteiger charge is -2.12. The van der Waals surface area contributed by atoms with E-state index in [1.807, 2.05) is 13.0 Å². The number of nitriles is 1. The zero-order valence-electron chi connectivity index (χ0n) is 15.9. The van der Waals surface area contributed by atoms with Crippen LogP contribution in [0, 0.1) is 25.2 Å². The first-order valence-corrected chi connectivity index (χ1v) is 9.17. The number of aromatic nitrogens is 1. The number of benzene rings is 2. The summed E-state index contributed by atoms with van der Waals surface area (Å²) in [5, 5.41) is 22.1. The number of aromatic hydroxyl groups is 1. The molecule has 2 N–H and O–H groups in total. The van der Waals surface area contributed by atoms with E-state index >= 15 is 0 Å². The van der Waals surface area contributed by atoms with Crippen LogP contribution in [0.1, 0.15) is 32.7 Å². The van der Waals surface area contributed by atoms with Gasteiger partial charge in [0.15, 0.2) is 0 Å². The predicted molar refractivity (Wildman–Crippen MR) is 109 cm³/mol. The molecule has 6 nitrogen and oxygen atoms in total. The summed E-state index contributed by atoms with van der Waals surface area (Å²) in [6.07, 6.45) is 0. The largest absolute Gasteiger partial charge is 0.493 e. The summed E-state index contributed by atoms with van der Waals surface area (Å²) in [5.74, 6) is 0.269. The van der Waals surface area contributed by atoms with Gasteiger partial charge in [-0.2, -0.15) is 5.26 Å². The van der Waals surface area contributed by atoms with E-state index in [4.69, 9.17) is 21.6 Å². The molecule has 3 rings (SSSR count). The fraction of sp³-hybridized carbons (Fsp3) is 0.136. The van der Waals surface area contributed by atoms with Crippen molar-refractivity contribution in [2.75, 3.05) is 0 Å². The zero-order chi connectivity index (χ0) is 21.0. The Bertz CT molecular complexity index is 1100. The van der Waals surface area contributed by atoms with Crippen molar-refractivity contribution in [2.24, 2.45) is 0 Å². The molecule has 0 saturated heterocycles. The number of nitrogens with one attached hydrogen (secondary N) is 1. The third kappa shape index (κ3) is 4.65. The van der Waals surface area contributed by atoms with E-state index in [1.165, 1.54) is 6.07 Å². The second-order valence-electron chi connectivity index (χ2n) is 6.42. The van der Waals surface area contributed by atoms with E-state index in [0.29, 0.717) is 33.9 Å².